The lowest BCUT2D eigenvalue weighted by Gasteiger charge is -2.14. The molecule has 0 aliphatic rings. The third-order valence-electron chi connectivity index (χ3n) is 3.02. The molecule has 5 nitrogen and oxygen atoms in total. The molecule has 0 aliphatic carbocycles. The predicted molar refractivity (Wildman–Crippen MR) is 77.5 cm³/mol. The maximum absolute atomic E-state index is 11.7. The van der Waals surface area contributed by atoms with E-state index in [2.05, 4.69) is 10.6 Å². The van der Waals surface area contributed by atoms with E-state index in [4.69, 9.17) is 5.11 Å². The fourth-order valence-electron chi connectivity index (χ4n) is 1.76. The molecule has 0 fully saturated rings. The van der Waals surface area contributed by atoms with Crippen molar-refractivity contribution in [3.8, 4) is 0 Å². The van der Waals surface area contributed by atoms with Gasteiger partial charge in [0.05, 0.1) is 0 Å². The van der Waals surface area contributed by atoms with E-state index in [0.29, 0.717) is 13.0 Å². The van der Waals surface area contributed by atoms with Gasteiger partial charge in [0.15, 0.2) is 0 Å². The average Bonchev–Trinajstić information content (AvgIpc) is 2.42. The molecule has 0 radical (unpaired) electrons. The number of aliphatic carboxylic acids is 1. The third-order valence-corrected chi connectivity index (χ3v) is 3.02. The molecule has 3 N–H and O–H groups in total. The number of rotatable bonds is 7. The van der Waals surface area contributed by atoms with Crippen molar-refractivity contribution in [2.45, 2.75) is 45.7 Å². The molecule has 5 heteroatoms. The van der Waals surface area contributed by atoms with Crippen molar-refractivity contribution in [3.63, 3.8) is 0 Å². The van der Waals surface area contributed by atoms with Crippen molar-refractivity contribution < 1.29 is 14.7 Å². The Balaban J connectivity index is 2.41. The molecule has 2 amide bonds. The topological polar surface area (TPSA) is 78.4 Å². The van der Waals surface area contributed by atoms with Crippen LogP contribution in [-0.4, -0.2) is 23.1 Å². The van der Waals surface area contributed by atoms with Gasteiger partial charge in [-0.1, -0.05) is 49.6 Å². The number of aryl methyl sites for hydroxylation is 1. The van der Waals surface area contributed by atoms with Gasteiger partial charge >= 0.3 is 12.0 Å². The van der Waals surface area contributed by atoms with Crippen LogP contribution in [0.25, 0.3) is 0 Å². The Hall–Kier alpha value is -2.04. The van der Waals surface area contributed by atoms with Crippen molar-refractivity contribution >= 4 is 12.0 Å². The van der Waals surface area contributed by atoms with Crippen molar-refractivity contribution in [1.29, 1.82) is 0 Å². The molecule has 20 heavy (non-hydrogen) atoms. The number of nitrogens with one attached hydrogen (secondary N) is 2. The van der Waals surface area contributed by atoms with Crippen LogP contribution in [0.15, 0.2) is 24.3 Å². The first-order valence-electron chi connectivity index (χ1n) is 6.85. The van der Waals surface area contributed by atoms with Gasteiger partial charge in [0.2, 0.25) is 0 Å². The van der Waals surface area contributed by atoms with Gasteiger partial charge < -0.3 is 15.7 Å². The van der Waals surface area contributed by atoms with Crippen LogP contribution in [0.2, 0.25) is 0 Å². The molecule has 110 valence electrons. The summed E-state index contributed by atoms with van der Waals surface area (Å²) in [6.07, 6.45) is 2.12. The Kier molecular flexibility index (Phi) is 6.56. The molecular weight excluding hydrogens is 256 g/mol. The number of amides is 2. The predicted octanol–water partition coefficient (Wildman–Crippen LogP) is 2.44. The number of urea groups is 1. The monoisotopic (exact) mass is 278 g/mol. The zero-order valence-electron chi connectivity index (χ0n) is 12.0. The second-order valence-corrected chi connectivity index (χ2v) is 4.85. The fraction of sp³-hybridized carbons (Fsp3) is 0.467. The number of carboxylic acid groups (broad SMARTS) is 1. The molecule has 0 aliphatic heterocycles. The molecule has 1 rings (SSSR count). The van der Waals surface area contributed by atoms with E-state index >= 15 is 0 Å². The normalized spacial score (nSPS) is 11.7. The van der Waals surface area contributed by atoms with Gasteiger partial charge in [-0.2, -0.15) is 0 Å². The van der Waals surface area contributed by atoms with Gasteiger partial charge in [-0.3, -0.25) is 0 Å². The third kappa shape index (κ3) is 5.73. The summed E-state index contributed by atoms with van der Waals surface area (Å²) in [6, 6.07) is 6.52. The van der Waals surface area contributed by atoms with E-state index in [9.17, 15) is 9.59 Å². The molecule has 1 atom stereocenters. The van der Waals surface area contributed by atoms with Gasteiger partial charge in [0, 0.05) is 6.54 Å². The van der Waals surface area contributed by atoms with E-state index in [1.165, 1.54) is 0 Å². The second kappa shape index (κ2) is 8.19. The summed E-state index contributed by atoms with van der Waals surface area (Å²) < 4.78 is 0. The van der Waals surface area contributed by atoms with Crippen LogP contribution < -0.4 is 10.6 Å². The van der Waals surface area contributed by atoms with E-state index in [-0.39, 0.29) is 0 Å². The number of carboxylic acids is 1. The average molecular weight is 278 g/mol. The number of carbonyl (C=O) groups is 2. The van der Waals surface area contributed by atoms with Crippen molar-refractivity contribution in [2.24, 2.45) is 0 Å². The Morgan fingerprint density at radius 3 is 2.45 bits per heavy atom. The minimum atomic E-state index is -0.996. The van der Waals surface area contributed by atoms with Crippen LogP contribution in [-0.2, 0) is 11.3 Å². The number of benzene rings is 1. The van der Waals surface area contributed by atoms with Crippen LogP contribution in [0.3, 0.4) is 0 Å². The lowest BCUT2D eigenvalue weighted by molar-refractivity contribution is -0.139. The minimum Gasteiger partial charge on any atom is -0.480 e. The Morgan fingerprint density at radius 2 is 1.90 bits per heavy atom. The highest BCUT2D eigenvalue weighted by atomic mass is 16.4. The first kappa shape index (κ1) is 16.0. The number of hydrogen-bond acceptors (Lipinski definition) is 2. The zero-order valence-corrected chi connectivity index (χ0v) is 12.0. The second-order valence-electron chi connectivity index (χ2n) is 4.85. The number of carbonyl (C=O) groups excluding carboxylic acids is 1. The summed E-state index contributed by atoms with van der Waals surface area (Å²) >= 11 is 0. The Morgan fingerprint density at radius 1 is 1.25 bits per heavy atom. The molecule has 0 bridgehead atoms. The minimum absolute atomic E-state index is 0.381. The summed E-state index contributed by atoms with van der Waals surface area (Å²) in [4.78, 5) is 22.7. The van der Waals surface area contributed by atoms with E-state index in [0.717, 1.165) is 24.0 Å². The summed E-state index contributed by atoms with van der Waals surface area (Å²) in [5.74, 6) is -0.996. The van der Waals surface area contributed by atoms with Crippen molar-refractivity contribution in [2.75, 3.05) is 0 Å². The van der Waals surface area contributed by atoms with E-state index in [1.807, 2.05) is 38.1 Å². The molecule has 0 saturated carbocycles. The fourth-order valence-corrected chi connectivity index (χ4v) is 1.76. The first-order valence-corrected chi connectivity index (χ1v) is 6.85. The quantitative estimate of drug-likeness (QED) is 0.716. The van der Waals surface area contributed by atoms with Gasteiger partial charge in [-0.05, 0) is 18.9 Å². The maximum atomic E-state index is 11.7. The van der Waals surface area contributed by atoms with Gasteiger partial charge in [-0.15, -0.1) is 0 Å². The lowest BCUT2D eigenvalue weighted by Crippen LogP contribution is -2.45. The molecule has 0 saturated heterocycles. The van der Waals surface area contributed by atoms with Crippen LogP contribution in [0.1, 0.15) is 37.3 Å². The van der Waals surface area contributed by atoms with Crippen LogP contribution in [0, 0.1) is 6.92 Å². The first-order chi connectivity index (χ1) is 9.52. The summed E-state index contributed by atoms with van der Waals surface area (Å²) in [6.45, 7) is 4.36. The maximum Gasteiger partial charge on any atom is 0.326 e. The van der Waals surface area contributed by atoms with Gasteiger partial charge in [-0.25, -0.2) is 9.59 Å². The van der Waals surface area contributed by atoms with E-state index in [1.54, 1.807) is 0 Å². The number of hydrogen-bond donors (Lipinski definition) is 3. The van der Waals surface area contributed by atoms with Crippen LogP contribution in [0.4, 0.5) is 4.79 Å². The highest BCUT2D eigenvalue weighted by molar-refractivity contribution is 5.82. The van der Waals surface area contributed by atoms with Gasteiger partial charge in [0.1, 0.15) is 6.04 Å². The molecule has 0 aromatic heterocycles. The molecule has 1 aromatic carbocycles. The van der Waals surface area contributed by atoms with Crippen LogP contribution in [0.5, 0.6) is 0 Å². The smallest absolute Gasteiger partial charge is 0.326 e. The summed E-state index contributed by atoms with van der Waals surface area (Å²) in [7, 11) is 0. The van der Waals surface area contributed by atoms with Crippen LogP contribution >= 0.6 is 0 Å². The molecular formula is C15H22N2O3. The summed E-state index contributed by atoms with van der Waals surface area (Å²) in [5.41, 5.74) is 2.13. The van der Waals surface area contributed by atoms with Crippen molar-refractivity contribution in [1.82, 2.24) is 10.6 Å². The molecule has 0 spiro atoms. The highest BCUT2D eigenvalue weighted by Gasteiger charge is 2.18. The Bertz CT molecular complexity index is 443. The SMILES string of the molecule is CCCC[C@H](NC(=O)NCc1ccc(C)cc1)C(=O)O. The molecule has 0 unspecified atom stereocenters. The largest absolute Gasteiger partial charge is 0.480 e. The van der Waals surface area contributed by atoms with E-state index < -0.39 is 18.0 Å². The zero-order chi connectivity index (χ0) is 15.0. The highest BCUT2D eigenvalue weighted by Crippen LogP contribution is 2.03. The lowest BCUT2D eigenvalue weighted by atomic mass is 10.1. The Labute approximate surface area is 119 Å². The van der Waals surface area contributed by atoms with Crippen molar-refractivity contribution in [3.05, 3.63) is 35.4 Å². The molecule has 0 heterocycles. The molecule has 1 aromatic rings. The summed E-state index contributed by atoms with van der Waals surface area (Å²) in [5, 5.41) is 14.2. The van der Waals surface area contributed by atoms with Gasteiger partial charge in [0.25, 0.3) is 0 Å². The standard InChI is InChI=1S/C15H22N2O3/c1-3-4-5-13(14(18)19)17-15(20)16-10-12-8-6-11(2)7-9-12/h6-9,13H,3-5,10H2,1-2H3,(H,18,19)(H2,16,17,20)/t13-/m0/s1. The number of unbranched alkanes of at least 4 members (excludes halogenated alkanes) is 1.